The number of fused-ring (bicyclic) bond motifs is 1. The summed E-state index contributed by atoms with van der Waals surface area (Å²) in [5.41, 5.74) is 6.43. The number of rotatable bonds is 1. The molecule has 3 rings (SSSR count). The Morgan fingerprint density at radius 2 is 2.20 bits per heavy atom. The second-order valence-corrected chi connectivity index (χ2v) is 5.93. The van der Waals surface area contributed by atoms with Crippen LogP contribution in [0.5, 0.6) is 0 Å². The van der Waals surface area contributed by atoms with Crippen LogP contribution in [0.25, 0.3) is 10.1 Å². The third-order valence-electron chi connectivity index (χ3n) is 3.51. The van der Waals surface area contributed by atoms with Crippen molar-refractivity contribution in [3.05, 3.63) is 28.9 Å². The monoisotopic (exact) mass is 293 g/mol. The maximum atomic E-state index is 13.3. The molecule has 0 atom stereocenters. The predicted molar refractivity (Wildman–Crippen MR) is 79.6 cm³/mol. The zero-order chi connectivity index (χ0) is 14.1. The molecule has 0 radical (unpaired) electrons. The molecule has 1 aliphatic heterocycles. The van der Waals surface area contributed by atoms with E-state index in [1.165, 1.54) is 23.5 Å². The summed E-state index contributed by atoms with van der Waals surface area (Å²) in [6.45, 7) is 3.14. The fourth-order valence-corrected chi connectivity index (χ4v) is 3.51. The fraction of sp³-hybridized carbons (Fsp3) is 0.357. The van der Waals surface area contributed by atoms with Crippen molar-refractivity contribution in [2.24, 2.45) is 0 Å². The van der Waals surface area contributed by atoms with Crippen molar-refractivity contribution >= 4 is 33.0 Å². The van der Waals surface area contributed by atoms with E-state index < -0.39 is 0 Å². The zero-order valence-electron chi connectivity index (χ0n) is 11.0. The predicted octanol–water partition coefficient (Wildman–Crippen LogP) is 2.06. The summed E-state index contributed by atoms with van der Waals surface area (Å²) in [7, 11) is 0. The second-order valence-electron chi connectivity index (χ2n) is 4.88. The molecule has 1 aliphatic rings. The number of benzene rings is 1. The van der Waals surface area contributed by atoms with Crippen molar-refractivity contribution in [1.29, 1.82) is 0 Å². The summed E-state index contributed by atoms with van der Waals surface area (Å²) in [6.07, 6.45) is 0.936. The van der Waals surface area contributed by atoms with Crippen LogP contribution in [0, 0.1) is 5.82 Å². The SMILES string of the molecule is Nc1c(C(=O)N2CCCNCC2)sc2ccc(F)cc12. The largest absolute Gasteiger partial charge is 0.397 e. The zero-order valence-corrected chi connectivity index (χ0v) is 11.8. The van der Waals surface area contributed by atoms with E-state index >= 15 is 0 Å². The Bertz CT molecular complexity index is 647. The van der Waals surface area contributed by atoms with E-state index in [-0.39, 0.29) is 11.7 Å². The van der Waals surface area contributed by atoms with Gasteiger partial charge in [-0.25, -0.2) is 4.39 Å². The van der Waals surface area contributed by atoms with Gasteiger partial charge in [-0.05, 0) is 31.2 Å². The van der Waals surface area contributed by atoms with E-state index in [0.29, 0.717) is 22.5 Å². The van der Waals surface area contributed by atoms with Gasteiger partial charge in [-0.2, -0.15) is 0 Å². The van der Waals surface area contributed by atoms with E-state index in [4.69, 9.17) is 5.73 Å². The van der Waals surface area contributed by atoms with Crippen molar-refractivity contribution in [3.8, 4) is 0 Å². The maximum Gasteiger partial charge on any atom is 0.266 e. The first-order chi connectivity index (χ1) is 9.66. The number of anilines is 1. The van der Waals surface area contributed by atoms with Gasteiger partial charge in [-0.1, -0.05) is 0 Å². The molecule has 2 aromatic rings. The lowest BCUT2D eigenvalue weighted by atomic mass is 10.2. The highest BCUT2D eigenvalue weighted by Gasteiger charge is 2.22. The Morgan fingerprint density at radius 1 is 1.35 bits per heavy atom. The molecule has 0 bridgehead atoms. The number of nitrogens with one attached hydrogen (secondary N) is 1. The van der Waals surface area contributed by atoms with E-state index in [1.54, 1.807) is 6.07 Å². The molecular weight excluding hydrogens is 277 g/mol. The lowest BCUT2D eigenvalue weighted by molar-refractivity contribution is 0.0772. The minimum atomic E-state index is -0.333. The smallest absolute Gasteiger partial charge is 0.266 e. The molecule has 0 spiro atoms. The molecule has 20 heavy (non-hydrogen) atoms. The number of hydrogen-bond donors (Lipinski definition) is 2. The molecule has 1 saturated heterocycles. The number of halogens is 1. The topological polar surface area (TPSA) is 58.4 Å². The van der Waals surface area contributed by atoms with Crippen LogP contribution in [0.3, 0.4) is 0 Å². The Hall–Kier alpha value is -1.66. The number of thiophene rings is 1. The van der Waals surface area contributed by atoms with Gasteiger partial charge >= 0.3 is 0 Å². The minimum absolute atomic E-state index is 0.0483. The van der Waals surface area contributed by atoms with E-state index in [0.717, 1.165) is 30.8 Å². The summed E-state index contributed by atoms with van der Waals surface area (Å²) in [5.74, 6) is -0.382. The van der Waals surface area contributed by atoms with Gasteiger partial charge in [0.1, 0.15) is 10.7 Å². The van der Waals surface area contributed by atoms with Crippen LogP contribution in [0.1, 0.15) is 16.1 Å². The van der Waals surface area contributed by atoms with Crippen molar-refractivity contribution in [3.63, 3.8) is 0 Å². The highest BCUT2D eigenvalue weighted by molar-refractivity contribution is 7.21. The standard InChI is InChI=1S/C14H16FN3OS/c15-9-2-3-11-10(8-9)12(16)13(20-11)14(19)18-6-1-4-17-5-7-18/h2-3,8,17H,1,4-7,16H2. The molecule has 3 N–H and O–H groups in total. The molecule has 2 heterocycles. The Morgan fingerprint density at radius 3 is 3.05 bits per heavy atom. The highest BCUT2D eigenvalue weighted by atomic mass is 32.1. The molecule has 0 unspecified atom stereocenters. The van der Waals surface area contributed by atoms with Gasteiger partial charge in [0, 0.05) is 29.7 Å². The average molecular weight is 293 g/mol. The van der Waals surface area contributed by atoms with Gasteiger partial charge < -0.3 is 16.0 Å². The van der Waals surface area contributed by atoms with Gasteiger partial charge in [0.15, 0.2) is 0 Å². The average Bonchev–Trinajstić information content (AvgIpc) is 2.66. The quantitative estimate of drug-likeness (QED) is 0.846. The van der Waals surface area contributed by atoms with Gasteiger partial charge in [0.05, 0.1) is 5.69 Å². The molecule has 0 aliphatic carbocycles. The first-order valence-corrected chi connectivity index (χ1v) is 7.46. The molecule has 4 nitrogen and oxygen atoms in total. The minimum Gasteiger partial charge on any atom is -0.397 e. The van der Waals surface area contributed by atoms with Gasteiger partial charge in [0.25, 0.3) is 5.91 Å². The number of nitrogens with two attached hydrogens (primary N) is 1. The van der Waals surface area contributed by atoms with Crippen LogP contribution >= 0.6 is 11.3 Å². The molecule has 106 valence electrons. The highest BCUT2D eigenvalue weighted by Crippen LogP contribution is 2.34. The summed E-state index contributed by atoms with van der Waals surface area (Å²) < 4.78 is 14.1. The third-order valence-corrected chi connectivity index (χ3v) is 4.68. The van der Waals surface area contributed by atoms with Crippen LogP contribution in [0.4, 0.5) is 10.1 Å². The van der Waals surface area contributed by atoms with Crippen LogP contribution in [0.15, 0.2) is 18.2 Å². The van der Waals surface area contributed by atoms with Gasteiger partial charge in [-0.3, -0.25) is 4.79 Å². The Balaban J connectivity index is 1.96. The van der Waals surface area contributed by atoms with E-state index in [9.17, 15) is 9.18 Å². The van der Waals surface area contributed by atoms with Crippen LogP contribution in [-0.2, 0) is 0 Å². The van der Waals surface area contributed by atoms with Crippen LogP contribution in [0.2, 0.25) is 0 Å². The number of nitrogen functional groups attached to an aromatic ring is 1. The molecule has 0 saturated carbocycles. The molecule has 1 aromatic heterocycles. The number of carbonyl (C=O) groups excluding carboxylic acids is 1. The first kappa shape index (κ1) is 13.3. The van der Waals surface area contributed by atoms with E-state index in [1.807, 2.05) is 4.90 Å². The first-order valence-electron chi connectivity index (χ1n) is 6.64. The number of amides is 1. The number of hydrogen-bond acceptors (Lipinski definition) is 4. The molecule has 1 aromatic carbocycles. The summed E-state index contributed by atoms with van der Waals surface area (Å²) in [5, 5.41) is 3.89. The van der Waals surface area contributed by atoms with Gasteiger partial charge in [-0.15, -0.1) is 11.3 Å². The summed E-state index contributed by atoms with van der Waals surface area (Å²) >= 11 is 1.34. The van der Waals surface area contributed by atoms with Crippen molar-refractivity contribution in [1.82, 2.24) is 10.2 Å². The summed E-state index contributed by atoms with van der Waals surface area (Å²) in [6, 6.07) is 4.46. The summed E-state index contributed by atoms with van der Waals surface area (Å²) in [4.78, 5) is 14.9. The maximum absolute atomic E-state index is 13.3. The lowest BCUT2D eigenvalue weighted by Gasteiger charge is -2.19. The van der Waals surface area contributed by atoms with Crippen molar-refractivity contribution in [2.45, 2.75) is 6.42 Å². The van der Waals surface area contributed by atoms with Crippen LogP contribution < -0.4 is 11.1 Å². The molecule has 1 amide bonds. The fourth-order valence-electron chi connectivity index (χ4n) is 2.44. The van der Waals surface area contributed by atoms with Crippen LogP contribution in [-0.4, -0.2) is 37.0 Å². The van der Waals surface area contributed by atoms with Crippen molar-refractivity contribution in [2.75, 3.05) is 31.9 Å². The molecular formula is C14H16FN3OS. The lowest BCUT2D eigenvalue weighted by Crippen LogP contribution is -2.34. The van der Waals surface area contributed by atoms with Crippen molar-refractivity contribution < 1.29 is 9.18 Å². The Kier molecular flexibility index (Phi) is 3.58. The molecule has 1 fully saturated rings. The molecule has 6 heteroatoms. The number of nitrogens with zero attached hydrogens (tertiary/aromatic N) is 1. The van der Waals surface area contributed by atoms with E-state index in [2.05, 4.69) is 5.32 Å². The normalized spacial score (nSPS) is 16.4. The van der Waals surface area contributed by atoms with Gasteiger partial charge in [0.2, 0.25) is 0 Å². The number of carbonyl (C=O) groups is 1. The second kappa shape index (κ2) is 5.38. The third kappa shape index (κ3) is 2.36. The Labute approximate surface area is 120 Å².